The van der Waals surface area contributed by atoms with Crippen molar-refractivity contribution in [3.63, 3.8) is 0 Å². The number of hydrogen-bond acceptors (Lipinski definition) is 2. The molecule has 2 N–H and O–H groups in total. The highest BCUT2D eigenvalue weighted by atomic mass is 35.5. The van der Waals surface area contributed by atoms with Crippen LogP contribution < -0.4 is 5.32 Å². The van der Waals surface area contributed by atoms with Crippen molar-refractivity contribution in [2.45, 2.75) is 12.3 Å². The lowest BCUT2D eigenvalue weighted by atomic mass is 10.1. The molecule has 0 aliphatic heterocycles. The highest BCUT2D eigenvalue weighted by molar-refractivity contribution is 6.38. The first kappa shape index (κ1) is 14.5. The van der Waals surface area contributed by atoms with Crippen molar-refractivity contribution in [3.05, 3.63) is 58.1 Å². The summed E-state index contributed by atoms with van der Waals surface area (Å²) in [7, 11) is 0. The van der Waals surface area contributed by atoms with E-state index in [2.05, 4.69) is 27.4 Å². The molecule has 1 aliphatic rings. The van der Waals surface area contributed by atoms with Gasteiger partial charge in [-0.3, -0.25) is 10.1 Å². The molecular weight excluding hydrogens is 333 g/mol. The summed E-state index contributed by atoms with van der Waals surface area (Å²) in [6.45, 7) is 0. The van der Waals surface area contributed by atoms with Crippen LogP contribution in [0, 0.1) is 5.92 Å². The van der Waals surface area contributed by atoms with Crippen LogP contribution in [-0.4, -0.2) is 15.9 Å². The number of aromatic nitrogens is 2. The number of rotatable bonds is 3. The minimum atomic E-state index is -0.0277. The van der Waals surface area contributed by atoms with Gasteiger partial charge in [0.05, 0.1) is 10.5 Å². The summed E-state index contributed by atoms with van der Waals surface area (Å²) in [6, 6.07) is 13.4. The number of nitrogens with one attached hydrogen (secondary N) is 2. The maximum absolute atomic E-state index is 12.4. The number of H-pyrrole nitrogens is 1. The SMILES string of the molecule is O=C(Nc1nc2c(Cl)cc(Cl)cc2[nH]1)C1CC1c1ccccc1. The van der Waals surface area contributed by atoms with Crippen molar-refractivity contribution in [1.82, 2.24) is 9.97 Å². The van der Waals surface area contributed by atoms with Crippen LogP contribution in [0.25, 0.3) is 11.0 Å². The topological polar surface area (TPSA) is 57.8 Å². The van der Waals surface area contributed by atoms with Gasteiger partial charge >= 0.3 is 0 Å². The largest absolute Gasteiger partial charge is 0.324 e. The smallest absolute Gasteiger partial charge is 0.230 e. The molecule has 23 heavy (non-hydrogen) atoms. The summed E-state index contributed by atoms with van der Waals surface area (Å²) >= 11 is 12.1. The molecule has 1 heterocycles. The molecular formula is C17H13Cl2N3O. The Morgan fingerprint density at radius 1 is 1.22 bits per heavy atom. The van der Waals surface area contributed by atoms with Gasteiger partial charge in [0.25, 0.3) is 0 Å². The van der Waals surface area contributed by atoms with Crippen LogP contribution in [0.15, 0.2) is 42.5 Å². The average molecular weight is 346 g/mol. The zero-order chi connectivity index (χ0) is 16.0. The Bertz CT molecular complexity index is 891. The summed E-state index contributed by atoms with van der Waals surface area (Å²) < 4.78 is 0. The first-order chi connectivity index (χ1) is 11.1. The van der Waals surface area contributed by atoms with Crippen LogP contribution in [-0.2, 0) is 4.79 Å². The minimum Gasteiger partial charge on any atom is -0.324 e. The summed E-state index contributed by atoms with van der Waals surface area (Å²) in [6.07, 6.45) is 0.864. The van der Waals surface area contributed by atoms with E-state index in [1.807, 2.05) is 18.2 Å². The number of imidazole rings is 1. The Labute approximate surface area is 142 Å². The summed E-state index contributed by atoms with van der Waals surface area (Å²) in [5.74, 6) is 0.649. The molecule has 4 nitrogen and oxygen atoms in total. The van der Waals surface area contributed by atoms with Gasteiger partial charge in [-0.05, 0) is 30.0 Å². The molecule has 0 spiro atoms. The number of amides is 1. The summed E-state index contributed by atoms with van der Waals surface area (Å²) in [4.78, 5) is 19.7. The molecule has 2 atom stereocenters. The fourth-order valence-electron chi connectivity index (χ4n) is 2.86. The lowest BCUT2D eigenvalue weighted by molar-refractivity contribution is -0.117. The van der Waals surface area contributed by atoms with Crippen LogP contribution in [0.1, 0.15) is 17.9 Å². The van der Waals surface area contributed by atoms with E-state index < -0.39 is 0 Å². The highest BCUT2D eigenvalue weighted by Gasteiger charge is 2.44. The predicted octanol–water partition coefficient (Wildman–Crippen LogP) is 4.61. The molecule has 1 aliphatic carbocycles. The van der Waals surface area contributed by atoms with Crippen LogP contribution >= 0.6 is 23.2 Å². The van der Waals surface area contributed by atoms with Gasteiger partial charge in [0, 0.05) is 10.9 Å². The van der Waals surface area contributed by atoms with E-state index >= 15 is 0 Å². The lowest BCUT2D eigenvalue weighted by Crippen LogP contribution is -2.15. The van der Waals surface area contributed by atoms with Gasteiger partial charge in [-0.1, -0.05) is 53.5 Å². The molecule has 1 amide bonds. The maximum Gasteiger partial charge on any atom is 0.230 e. The third-order valence-corrected chi connectivity index (χ3v) is 4.61. The molecule has 2 aromatic carbocycles. The second kappa shape index (κ2) is 5.55. The van der Waals surface area contributed by atoms with E-state index in [1.54, 1.807) is 12.1 Å². The normalized spacial score (nSPS) is 19.7. The first-order valence-corrected chi connectivity index (χ1v) is 8.08. The van der Waals surface area contributed by atoms with Gasteiger partial charge in [0.15, 0.2) is 0 Å². The van der Waals surface area contributed by atoms with Gasteiger partial charge in [0.1, 0.15) is 5.52 Å². The van der Waals surface area contributed by atoms with Gasteiger partial charge in [0.2, 0.25) is 11.9 Å². The molecule has 3 aromatic rings. The Kier molecular flexibility index (Phi) is 3.51. The molecule has 0 radical (unpaired) electrons. The van der Waals surface area contributed by atoms with Gasteiger partial charge in [-0.15, -0.1) is 0 Å². The predicted molar refractivity (Wildman–Crippen MR) is 92.0 cm³/mol. The summed E-state index contributed by atoms with van der Waals surface area (Å²) in [5.41, 5.74) is 2.50. The molecule has 1 saturated carbocycles. The van der Waals surface area contributed by atoms with E-state index in [1.165, 1.54) is 5.56 Å². The van der Waals surface area contributed by atoms with E-state index in [-0.39, 0.29) is 11.8 Å². The van der Waals surface area contributed by atoms with Crippen molar-refractivity contribution in [2.24, 2.45) is 5.92 Å². The second-order valence-corrected chi connectivity index (χ2v) is 6.56. The zero-order valence-electron chi connectivity index (χ0n) is 12.0. The number of carbonyl (C=O) groups is 1. The second-order valence-electron chi connectivity index (χ2n) is 5.72. The van der Waals surface area contributed by atoms with Crippen molar-refractivity contribution in [3.8, 4) is 0 Å². The van der Waals surface area contributed by atoms with Crippen molar-refractivity contribution >= 4 is 46.1 Å². The molecule has 0 bridgehead atoms. The van der Waals surface area contributed by atoms with Crippen molar-refractivity contribution in [1.29, 1.82) is 0 Å². The summed E-state index contributed by atoms with van der Waals surface area (Å²) in [5, 5.41) is 3.81. The molecule has 0 saturated heterocycles. The van der Waals surface area contributed by atoms with Crippen LogP contribution in [0.3, 0.4) is 0 Å². The van der Waals surface area contributed by atoms with E-state index in [0.717, 1.165) is 6.42 Å². The number of carbonyl (C=O) groups excluding carboxylic acids is 1. The third-order valence-electron chi connectivity index (χ3n) is 4.10. The van der Waals surface area contributed by atoms with Crippen LogP contribution in [0.4, 0.5) is 5.95 Å². The van der Waals surface area contributed by atoms with Crippen molar-refractivity contribution < 1.29 is 4.79 Å². The van der Waals surface area contributed by atoms with E-state index in [9.17, 15) is 4.79 Å². The Morgan fingerprint density at radius 3 is 2.78 bits per heavy atom. The number of hydrogen-bond donors (Lipinski definition) is 2. The number of benzene rings is 2. The molecule has 1 fully saturated rings. The Balaban J connectivity index is 1.51. The van der Waals surface area contributed by atoms with Gasteiger partial charge < -0.3 is 4.98 Å². The number of anilines is 1. The Hall–Kier alpha value is -2.04. The third kappa shape index (κ3) is 2.80. The van der Waals surface area contributed by atoms with Crippen LogP contribution in [0.2, 0.25) is 10.0 Å². The number of aromatic amines is 1. The Morgan fingerprint density at radius 2 is 2.00 bits per heavy atom. The first-order valence-electron chi connectivity index (χ1n) is 7.32. The van der Waals surface area contributed by atoms with E-state index in [4.69, 9.17) is 23.2 Å². The minimum absolute atomic E-state index is 0.00956. The monoisotopic (exact) mass is 345 g/mol. The number of fused-ring (bicyclic) bond motifs is 1. The molecule has 4 rings (SSSR count). The lowest BCUT2D eigenvalue weighted by Gasteiger charge is -2.01. The fourth-order valence-corrected chi connectivity index (χ4v) is 3.40. The standard InChI is InChI=1S/C17H13Cl2N3O/c18-10-6-13(19)15-14(7-10)20-17(21-15)22-16(23)12-8-11(12)9-4-2-1-3-5-9/h1-7,11-12H,8H2,(H2,20,21,22,23). The fraction of sp³-hybridized carbons (Fsp3) is 0.176. The van der Waals surface area contributed by atoms with E-state index in [0.29, 0.717) is 32.9 Å². The zero-order valence-corrected chi connectivity index (χ0v) is 13.5. The molecule has 6 heteroatoms. The maximum atomic E-state index is 12.4. The van der Waals surface area contributed by atoms with Crippen LogP contribution in [0.5, 0.6) is 0 Å². The molecule has 116 valence electrons. The van der Waals surface area contributed by atoms with Crippen molar-refractivity contribution in [2.75, 3.05) is 5.32 Å². The quantitative estimate of drug-likeness (QED) is 0.727. The number of halogens is 2. The van der Waals surface area contributed by atoms with Gasteiger partial charge in [-0.25, -0.2) is 4.98 Å². The molecule has 2 unspecified atom stereocenters. The number of nitrogens with zero attached hydrogens (tertiary/aromatic N) is 1. The average Bonchev–Trinajstić information content (AvgIpc) is 3.23. The molecule has 1 aromatic heterocycles. The van der Waals surface area contributed by atoms with Gasteiger partial charge in [-0.2, -0.15) is 0 Å². The highest BCUT2D eigenvalue weighted by Crippen LogP contribution is 2.47.